The van der Waals surface area contributed by atoms with Crippen LogP contribution >= 0.6 is 0 Å². The molecule has 0 aliphatic heterocycles. The fourth-order valence-corrected chi connectivity index (χ4v) is 3.80. The lowest BCUT2D eigenvalue weighted by atomic mass is 10.1. The van der Waals surface area contributed by atoms with Gasteiger partial charge < -0.3 is 9.88 Å². The van der Waals surface area contributed by atoms with Crippen LogP contribution in [0.2, 0.25) is 0 Å². The van der Waals surface area contributed by atoms with Gasteiger partial charge in [0.15, 0.2) is 0 Å². The average molecular weight is 376 g/mol. The summed E-state index contributed by atoms with van der Waals surface area (Å²) in [6, 6.07) is 32.4. The van der Waals surface area contributed by atoms with Gasteiger partial charge in [-0.2, -0.15) is 0 Å². The molecule has 1 heterocycles. The smallest absolute Gasteiger partial charge is 0.255 e. The quantitative estimate of drug-likeness (QED) is 0.391. The zero-order valence-corrected chi connectivity index (χ0v) is 16.1. The number of aryl methyl sites for hydroxylation is 1. The Labute approximate surface area is 169 Å². The van der Waals surface area contributed by atoms with Gasteiger partial charge in [-0.05, 0) is 55.5 Å². The van der Waals surface area contributed by atoms with E-state index in [4.69, 9.17) is 0 Å². The van der Waals surface area contributed by atoms with Crippen LogP contribution in [0.15, 0.2) is 97.1 Å². The second kappa shape index (κ2) is 6.95. The minimum atomic E-state index is -0.102. The van der Waals surface area contributed by atoms with Crippen molar-refractivity contribution in [2.75, 3.05) is 5.32 Å². The lowest BCUT2D eigenvalue weighted by Gasteiger charge is -2.10. The molecule has 29 heavy (non-hydrogen) atoms. The second-order valence-electron chi connectivity index (χ2n) is 7.24. The standard InChI is InChI=1S/C26H20N2O/c1-18-10-12-19(13-11-18)26(29)27-20-14-16-21(17-15-20)28-24-8-4-2-6-22(24)23-7-3-5-9-25(23)28/h2-17H,1H3,(H,27,29). The van der Waals surface area contributed by atoms with E-state index >= 15 is 0 Å². The molecule has 0 spiro atoms. The summed E-state index contributed by atoms with van der Waals surface area (Å²) in [6.45, 7) is 2.01. The van der Waals surface area contributed by atoms with Gasteiger partial charge in [0.25, 0.3) is 5.91 Å². The van der Waals surface area contributed by atoms with Crippen LogP contribution in [0.3, 0.4) is 0 Å². The highest BCUT2D eigenvalue weighted by Crippen LogP contribution is 2.31. The molecule has 0 saturated heterocycles. The highest BCUT2D eigenvalue weighted by Gasteiger charge is 2.11. The van der Waals surface area contributed by atoms with E-state index in [0.717, 1.165) is 16.9 Å². The van der Waals surface area contributed by atoms with Crippen molar-refractivity contribution in [3.05, 3.63) is 108 Å². The van der Waals surface area contributed by atoms with Gasteiger partial charge in [-0.15, -0.1) is 0 Å². The molecule has 1 amide bonds. The van der Waals surface area contributed by atoms with Crippen molar-refractivity contribution in [2.45, 2.75) is 6.92 Å². The number of fused-ring (bicyclic) bond motifs is 3. The molecule has 0 unspecified atom stereocenters. The van der Waals surface area contributed by atoms with Gasteiger partial charge in [-0.1, -0.05) is 54.1 Å². The number of hydrogen-bond acceptors (Lipinski definition) is 1. The van der Waals surface area contributed by atoms with Crippen LogP contribution in [0.4, 0.5) is 5.69 Å². The van der Waals surface area contributed by atoms with Crippen LogP contribution in [0, 0.1) is 6.92 Å². The second-order valence-corrected chi connectivity index (χ2v) is 7.24. The molecule has 5 aromatic rings. The Balaban J connectivity index is 1.50. The Morgan fingerprint density at radius 2 is 1.24 bits per heavy atom. The van der Waals surface area contributed by atoms with E-state index in [0.29, 0.717) is 5.56 Å². The minimum Gasteiger partial charge on any atom is -0.322 e. The fourth-order valence-electron chi connectivity index (χ4n) is 3.80. The molecule has 1 aromatic heterocycles. The molecule has 4 aromatic carbocycles. The third kappa shape index (κ3) is 3.07. The Bertz CT molecular complexity index is 1280. The first-order chi connectivity index (χ1) is 14.2. The molecule has 3 heteroatoms. The third-order valence-electron chi connectivity index (χ3n) is 5.28. The lowest BCUT2D eigenvalue weighted by molar-refractivity contribution is 0.102. The zero-order chi connectivity index (χ0) is 19.8. The Morgan fingerprint density at radius 3 is 1.83 bits per heavy atom. The first-order valence-electron chi connectivity index (χ1n) is 9.67. The molecule has 5 rings (SSSR count). The Morgan fingerprint density at radius 1 is 0.690 bits per heavy atom. The van der Waals surface area contributed by atoms with Gasteiger partial charge in [0.2, 0.25) is 0 Å². The summed E-state index contributed by atoms with van der Waals surface area (Å²) in [6.07, 6.45) is 0. The number of anilines is 1. The fraction of sp³-hybridized carbons (Fsp3) is 0.0385. The number of amides is 1. The van der Waals surface area contributed by atoms with Crippen molar-refractivity contribution in [2.24, 2.45) is 0 Å². The van der Waals surface area contributed by atoms with E-state index in [1.165, 1.54) is 21.8 Å². The number of aromatic nitrogens is 1. The summed E-state index contributed by atoms with van der Waals surface area (Å²) >= 11 is 0. The summed E-state index contributed by atoms with van der Waals surface area (Å²) in [4.78, 5) is 12.5. The van der Waals surface area contributed by atoms with E-state index in [9.17, 15) is 4.79 Å². The molecule has 0 fully saturated rings. The highest BCUT2D eigenvalue weighted by atomic mass is 16.1. The van der Waals surface area contributed by atoms with E-state index in [-0.39, 0.29) is 5.91 Å². The maximum Gasteiger partial charge on any atom is 0.255 e. The SMILES string of the molecule is Cc1ccc(C(=O)Nc2ccc(-n3c4ccccc4c4ccccc43)cc2)cc1. The topological polar surface area (TPSA) is 34.0 Å². The number of hydrogen-bond donors (Lipinski definition) is 1. The Hall–Kier alpha value is -3.85. The number of benzene rings is 4. The average Bonchev–Trinajstić information content (AvgIpc) is 3.09. The molecule has 0 atom stereocenters. The largest absolute Gasteiger partial charge is 0.322 e. The third-order valence-corrected chi connectivity index (χ3v) is 5.28. The predicted molar refractivity (Wildman–Crippen MR) is 120 cm³/mol. The van der Waals surface area contributed by atoms with Crippen LogP contribution in [0.1, 0.15) is 15.9 Å². The molecule has 0 radical (unpaired) electrons. The van der Waals surface area contributed by atoms with Crippen LogP contribution < -0.4 is 5.32 Å². The summed E-state index contributed by atoms with van der Waals surface area (Å²) in [5.41, 5.74) is 5.98. The van der Waals surface area contributed by atoms with Crippen molar-refractivity contribution in [1.29, 1.82) is 0 Å². The summed E-state index contributed by atoms with van der Waals surface area (Å²) in [7, 11) is 0. The molecule has 3 nitrogen and oxygen atoms in total. The van der Waals surface area contributed by atoms with E-state index in [1.807, 2.05) is 55.5 Å². The molecule has 0 saturated carbocycles. The maximum atomic E-state index is 12.5. The van der Waals surface area contributed by atoms with Crippen molar-refractivity contribution in [3.63, 3.8) is 0 Å². The van der Waals surface area contributed by atoms with E-state index < -0.39 is 0 Å². The van der Waals surface area contributed by atoms with Gasteiger partial charge >= 0.3 is 0 Å². The number of rotatable bonds is 3. The maximum absolute atomic E-state index is 12.5. The number of nitrogens with one attached hydrogen (secondary N) is 1. The molecule has 1 N–H and O–H groups in total. The van der Waals surface area contributed by atoms with Crippen molar-refractivity contribution in [1.82, 2.24) is 4.57 Å². The first-order valence-corrected chi connectivity index (χ1v) is 9.67. The highest BCUT2D eigenvalue weighted by molar-refractivity contribution is 6.09. The van der Waals surface area contributed by atoms with Crippen LogP contribution in [0.5, 0.6) is 0 Å². The lowest BCUT2D eigenvalue weighted by Crippen LogP contribution is -2.11. The molecular formula is C26H20N2O. The summed E-state index contributed by atoms with van der Waals surface area (Å²) in [5, 5.41) is 5.45. The molecule has 0 aliphatic rings. The number of para-hydroxylation sites is 2. The van der Waals surface area contributed by atoms with Crippen molar-refractivity contribution < 1.29 is 4.79 Å². The van der Waals surface area contributed by atoms with Gasteiger partial charge in [0, 0.05) is 27.7 Å². The normalized spacial score (nSPS) is 11.1. The predicted octanol–water partition coefficient (Wildman–Crippen LogP) is 6.34. The van der Waals surface area contributed by atoms with Gasteiger partial charge in [0.1, 0.15) is 0 Å². The van der Waals surface area contributed by atoms with Crippen LogP contribution in [-0.2, 0) is 0 Å². The molecule has 0 aliphatic carbocycles. The number of carbonyl (C=O) groups is 1. The number of nitrogens with zero attached hydrogens (tertiary/aromatic N) is 1. The summed E-state index contributed by atoms with van der Waals surface area (Å²) < 4.78 is 2.26. The van der Waals surface area contributed by atoms with Gasteiger partial charge in [-0.3, -0.25) is 4.79 Å². The van der Waals surface area contributed by atoms with Crippen molar-refractivity contribution in [3.8, 4) is 5.69 Å². The molecular weight excluding hydrogens is 356 g/mol. The number of carbonyl (C=O) groups excluding carboxylic acids is 1. The van der Waals surface area contributed by atoms with E-state index in [2.05, 4.69) is 58.4 Å². The minimum absolute atomic E-state index is 0.102. The Kier molecular flexibility index (Phi) is 4.14. The monoisotopic (exact) mass is 376 g/mol. The zero-order valence-electron chi connectivity index (χ0n) is 16.1. The molecule has 140 valence electrons. The van der Waals surface area contributed by atoms with Crippen LogP contribution in [0.25, 0.3) is 27.5 Å². The van der Waals surface area contributed by atoms with Crippen molar-refractivity contribution >= 4 is 33.4 Å². The summed E-state index contributed by atoms with van der Waals surface area (Å²) in [5.74, 6) is -0.102. The first kappa shape index (κ1) is 17.3. The molecule has 0 bridgehead atoms. The van der Waals surface area contributed by atoms with Gasteiger partial charge in [0.05, 0.1) is 11.0 Å². The van der Waals surface area contributed by atoms with Crippen LogP contribution in [-0.4, -0.2) is 10.5 Å². The van der Waals surface area contributed by atoms with Gasteiger partial charge in [-0.25, -0.2) is 0 Å². The van der Waals surface area contributed by atoms with E-state index in [1.54, 1.807) is 0 Å².